The van der Waals surface area contributed by atoms with Crippen LogP contribution in [0.3, 0.4) is 0 Å². The molecule has 1 aliphatic heterocycles. The second-order valence-electron chi connectivity index (χ2n) is 12.2. The molecule has 1 saturated carbocycles. The van der Waals surface area contributed by atoms with Gasteiger partial charge >= 0.3 is 0 Å². The molecule has 2 atom stereocenters. The highest BCUT2D eigenvalue weighted by Gasteiger charge is 2.35. The Morgan fingerprint density at radius 2 is 1.46 bits per heavy atom. The Labute approximate surface area is 298 Å². The van der Waals surface area contributed by atoms with E-state index in [9.17, 15) is 9.59 Å². The largest absolute Gasteiger partial charge is 0.494 e. The van der Waals surface area contributed by atoms with Crippen LogP contribution in [0.4, 0.5) is 5.69 Å². The zero-order valence-electron chi connectivity index (χ0n) is 33.9. The van der Waals surface area contributed by atoms with E-state index in [1.54, 1.807) is 0 Å². The van der Waals surface area contributed by atoms with Crippen molar-refractivity contribution in [3.05, 3.63) is 59.2 Å². The minimum atomic E-state index is 0.167. The second-order valence-corrected chi connectivity index (χ2v) is 12.2. The molecule has 0 spiro atoms. The van der Waals surface area contributed by atoms with E-state index in [1.807, 2.05) is 46.4 Å². The summed E-state index contributed by atoms with van der Waals surface area (Å²) in [5.41, 5.74) is 4.98. The highest BCUT2D eigenvalue weighted by Crippen LogP contribution is 2.46. The third kappa shape index (κ3) is 18.2. The van der Waals surface area contributed by atoms with E-state index in [2.05, 4.69) is 88.9 Å². The maximum atomic E-state index is 13.6. The molecule has 1 heterocycles. The average Bonchev–Trinajstić information content (AvgIpc) is 3.85. The van der Waals surface area contributed by atoms with Crippen LogP contribution in [-0.2, 0) is 9.59 Å². The van der Waals surface area contributed by atoms with Crippen LogP contribution in [0.25, 0.3) is 0 Å². The van der Waals surface area contributed by atoms with E-state index in [0.717, 1.165) is 56.6 Å². The molecular formula is C43H76N2O3. The quantitative estimate of drug-likeness (QED) is 0.226. The van der Waals surface area contributed by atoms with E-state index in [1.165, 1.54) is 49.8 Å². The first-order valence-electron chi connectivity index (χ1n) is 19.5. The summed E-state index contributed by atoms with van der Waals surface area (Å²) in [6.45, 7) is 30.9. The van der Waals surface area contributed by atoms with Gasteiger partial charge in [0.1, 0.15) is 11.5 Å². The standard InChI is InChI=1S/C31H44N2O2.C3H6O.C3H8.3C2H6/c1-5-8-17-33(28-12-9-11-23(4)18-28)31(34)22-32-21-26(19-27(32)10-6-2)25-15-16-29(24-13-14-24)30(20-25)35-7-3;1-3(2)4;1-3-2;3*1-2/h9,11-12,15-16,18,20,24,26-27H,5-8,10,13-14,17,19,21-22H2,1-4H3;1-2H3;3H2,1-2H3;3*1-2H3. The molecular weight excluding hydrogens is 592 g/mol. The molecule has 0 N–H and O–H groups in total. The number of hydrogen-bond acceptors (Lipinski definition) is 4. The fourth-order valence-corrected chi connectivity index (χ4v) is 5.64. The number of unbranched alkanes of at least 4 members (excludes halogenated alkanes) is 1. The summed E-state index contributed by atoms with van der Waals surface area (Å²) >= 11 is 0. The van der Waals surface area contributed by atoms with Gasteiger partial charge in [-0.25, -0.2) is 0 Å². The predicted molar refractivity (Wildman–Crippen MR) is 212 cm³/mol. The van der Waals surface area contributed by atoms with Gasteiger partial charge in [-0.1, -0.05) is 113 Å². The molecule has 1 amide bonds. The minimum Gasteiger partial charge on any atom is -0.494 e. The molecule has 2 unspecified atom stereocenters. The zero-order valence-corrected chi connectivity index (χ0v) is 33.9. The predicted octanol–water partition coefficient (Wildman–Crippen LogP) is 12.2. The van der Waals surface area contributed by atoms with Crippen LogP contribution >= 0.6 is 0 Å². The molecule has 2 fully saturated rings. The highest BCUT2D eigenvalue weighted by atomic mass is 16.5. The van der Waals surface area contributed by atoms with Crippen molar-refractivity contribution in [2.24, 2.45) is 0 Å². The second kappa shape index (κ2) is 29.3. The molecule has 1 aliphatic carbocycles. The number of aryl methyl sites for hydroxylation is 1. The van der Waals surface area contributed by atoms with Crippen molar-refractivity contribution in [1.82, 2.24) is 4.90 Å². The van der Waals surface area contributed by atoms with Crippen molar-refractivity contribution in [2.45, 2.75) is 166 Å². The van der Waals surface area contributed by atoms with Gasteiger partial charge < -0.3 is 14.4 Å². The highest BCUT2D eigenvalue weighted by molar-refractivity contribution is 5.95. The summed E-state index contributed by atoms with van der Waals surface area (Å²) < 4.78 is 6.06. The number of Topliss-reactive ketones (excluding diaryl/α,β-unsaturated/α-hetero) is 1. The van der Waals surface area contributed by atoms with Gasteiger partial charge in [0, 0.05) is 24.8 Å². The third-order valence-electron chi connectivity index (χ3n) is 7.66. The smallest absolute Gasteiger partial charge is 0.241 e. The van der Waals surface area contributed by atoms with Gasteiger partial charge in [0.2, 0.25) is 5.91 Å². The molecule has 2 aromatic rings. The number of nitrogens with zero attached hydrogens (tertiary/aromatic N) is 2. The molecule has 0 aromatic heterocycles. The van der Waals surface area contributed by atoms with Crippen molar-refractivity contribution in [1.29, 1.82) is 0 Å². The van der Waals surface area contributed by atoms with Crippen LogP contribution in [0.1, 0.15) is 170 Å². The lowest BCUT2D eigenvalue weighted by Crippen LogP contribution is -2.43. The van der Waals surface area contributed by atoms with Gasteiger partial charge in [0.15, 0.2) is 0 Å². The molecule has 276 valence electrons. The number of benzene rings is 2. The number of hydrogen-bond donors (Lipinski definition) is 0. The van der Waals surface area contributed by atoms with Crippen LogP contribution < -0.4 is 9.64 Å². The monoisotopic (exact) mass is 669 g/mol. The summed E-state index contributed by atoms with van der Waals surface area (Å²) in [4.78, 5) is 27.6. The number of rotatable bonds is 12. The van der Waals surface area contributed by atoms with Gasteiger partial charge in [-0.2, -0.15) is 0 Å². The van der Waals surface area contributed by atoms with E-state index < -0.39 is 0 Å². The topological polar surface area (TPSA) is 49.9 Å². The number of carbonyl (C=O) groups is 2. The number of amides is 1. The zero-order chi connectivity index (χ0) is 37.1. The van der Waals surface area contributed by atoms with Crippen molar-refractivity contribution < 1.29 is 14.3 Å². The Morgan fingerprint density at radius 3 is 1.96 bits per heavy atom. The molecule has 4 rings (SSSR count). The normalized spacial score (nSPS) is 16.0. The maximum Gasteiger partial charge on any atom is 0.241 e. The lowest BCUT2D eigenvalue weighted by molar-refractivity contribution is -0.120. The van der Waals surface area contributed by atoms with Crippen LogP contribution in [0.15, 0.2) is 42.5 Å². The van der Waals surface area contributed by atoms with Gasteiger partial charge in [0.25, 0.3) is 0 Å². The van der Waals surface area contributed by atoms with Crippen molar-refractivity contribution >= 4 is 17.4 Å². The Hall–Kier alpha value is -2.66. The maximum absolute atomic E-state index is 13.6. The number of ketones is 1. The fourth-order valence-electron chi connectivity index (χ4n) is 5.64. The molecule has 1 saturated heterocycles. The average molecular weight is 669 g/mol. The first-order valence-corrected chi connectivity index (χ1v) is 19.5. The third-order valence-corrected chi connectivity index (χ3v) is 7.66. The first kappa shape index (κ1) is 47.5. The molecule has 48 heavy (non-hydrogen) atoms. The molecule has 2 aliphatic rings. The van der Waals surface area contributed by atoms with Crippen LogP contribution in [0.2, 0.25) is 0 Å². The Bertz CT molecular complexity index is 1090. The molecule has 0 radical (unpaired) electrons. The molecule has 5 heteroatoms. The Kier molecular flexibility index (Phi) is 28.9. The van der Waals surface area contributed by atoms with Gasteiger partial charge in [0.05, 0.1) is 13.2 Å². The molecule has 2 aromatic carbocycles. The van der Waals surface area contributed by atoms with Gasteiger partial charge in [-0.15, -0.1) is 0 Å². The van der Waals surface area contributed by atoms with Crippen molar-refractivity contribution in [3.8, 4) is 5.75 Å². The van der Waals surface area contributed by atoms with E-state index in [-0.39, 0.29) is 11.7 Å². The first-order chi connectivity index (χ1) is 23.2. The lowest BCUT2D eigenvalue weighted by Gasteiger charge is -2.29. The lowest BCUT2D eigenvalue weighted by atomic mass is 9.93. The van der Waals surface area contributed by atoms with E-state index >= 15 is 0 Å². The minimum absolute atomic E-state index is 0.167. The van der Waals surface area contributed by atoms with E-state index in [4.69, 9.17) is 4.74 Å². The fraction of sp³-hybridized carbons (Fsp3) is 0.674. The molecule has 0 bridgehead atoms. The van der Waals surface area contributed by atoms with Gasteiger partial charge in [-0.3, -0.25) is 9.69 Å². The number of likely N-dealkylation sites (tertiary alicyclic amines) is 1. The summed E-state index contributed by atoms with van der Waals surface area (Å²) in [5, 5.41) is 0. The SMILES string of the molecule is CC.CC.CC.CC(C)=O.CCC.CCCCN(C(=O)CN1CC(c2ccc(C3CC3)c(OCC)c2)CC1CCC)c1cccc(C)c1. The summed E-state index contributed by atoms with van der Waals surface area (Å²) in [6.07, 6.45) is 9.33. The Morgan fingerprint density at radius 1 is 0.854 bits per heavy atom. The van der Waals surface area contributed by atoms with Crippen LogP contribution in [-0.4, -0.2) is 48.9 Å². The molecule has 5 nitrogen and oxygen atoms in total. The van der Waals surface area contributed by atoms with E-state index in [0.29, 0.717) is 31.0 Å². The number of carbonyl (C=O) groups excluding carboxylic acids is 2. The summed E-state index contributed by atoms with van der Waals surface area (Å²) in [6, 6.07) is 15.8. The van der Waals surface area contributed by atoms with Crippen LogP contribution in [0, 0.1) is 6.92 Å². The summed E-state index contributed by atoms with van der Waals surface area (Å²) in [5.74, 6) is 2.62. The number of ether oxygens (including phenoxy) is 1. The Balaban J connectivity index is 0. The summed E-state index contributed by atoms with van der Waals surface area (Å²) in [7, 11) is 0. The van der Waals surface area contributed by atoms with Crippen molar-refractivity contribution in [3.63, 3.8) is 0 Å². The van der Waals surface area contributed by atoms with Gasteiger partial charge in [-0.05, 0) is 107 Å². The van der Waals surface area contributed by atoms with Crippen molar-refractivity contribution in [2.75, 3.05) is 31.1 Å². The van der Waals surface area contributed by atoms with Crippen LogP contribution in [0.5, 0.6) is 5.75 Å². The number of anilines is 1.